The lowest BCUT2D eigenvalue weighted by atomic mass is 9.72. The number of rotatable bonds is 6. The molecule has 1 aromatic carbocycles. The molecule has 1 aliphatic rings. The molecule has 0 aromatic heterocycles. The number of benzene rings is 1. The van der Waals surface area contributed by atoms with Gasteiger partial charge in [0.15, 0.2) is 0 Å². The summed E-state index contributed by atoms with van der Waals surface area (Å²) in [6.07, 6.45) is 4.02. The Morgan fingerprint density at radius 2 is 2.04 bits per heavy atom. The van der Waals surface area contributed by atoms with Gasteiger partial charge < -0.3 is 4.74 Å². The summed E-state index contributed by atoms with van der Waals surface area (Å²) in [5, 5.41) is 0. The molecule has 24 heavy (non-hydrogen) atoms. The summed E-state index contributed by atoms with van der Waals surface area (Å²) in [7, 11) is 1.33. The quantitative estimate of drug-likeness (QED) is 0.457. The van der Waals surface area contributed by atoms with E-state index in [-0.39, 0.29) is 24.2 Å². The highest BCUT2D eigenvalue weighted by atomic mass is 16.5. The molecule has 0 N–H and O–H groups in total. The average Bonchev–Trinajstić information content (AvgIpc) is 2.62. The first kappa shape index (κ1) is 17.9. The van der Waals surface area contributed by atoms with Crippen LogP contribution in [0, 0.1) is 5.41 Å². The van der Waals surface area contributed by atoms with E-state index in [1.807, 2.05) is 6.07 Å². The molecule has 128 valence electrons. The number of amides is 2. The van der Waals surface area contributed by atoms with Gasteiger partial charge in [0.05, 0.1) is 12.5 Å². The van der Waals surface area contributed by atoms with E-state index in [2.05, 4.69) is 11.3 Å². The van der Waals surface area contributed by atoms with Crippen LogP contribution in [0.1, 0.15) is 42.5 Å². The third-order valence-corrected chi connectivity index (χ3v) is 4.57. The smallest absolute Gasteiger partial charge is 0.305 e. The molecule has 1 atom stereocenters. The third-order valence-electron chi connectivity index (χ3n) is 4.57. The number of imide groups is 1. The van der Waals surface area contributed by atoms with Gasteiger partial charge in [0.2, 0.25) is 5.91 Å². The van der Waals surface area contributed by atoms with Crippen LogP contribution in [0.25, 0.3) is 0 Å². The number of esters is 1. The molecule has 1 fully saturated rings. The summed E-state index contributed by atoms with van der Waals surface area (Å²) in [5.41, 5.74) is -0.258. The Labute approximate surface area is 142 Å². The molecule has 5 heteroatoms. The standard InChI is InChI=1S/C19H23NO4/c1-3-11-19(13-10-16(21)24-2)12-7-14-20(18(19)23)17(22)15-8-5-4-6-9-15/h3-6,8-9H,1,7,10-14H2,2H3. The fourth-order valence-corrected chi connectivity index (χ4v) is 3.24. The van der Waals surface area contributed by atoms with E-state index in [0.29, 0.717) is 31.4 Å². The highest BCUT2D eigenvalue weighted by Crippen LogP contribution is 2.40. The van der Waals surface area contributed by atoms with E-state index in [1.54, 1.807) is 30.3 Å². The van der Waals surface area contributed by atoms with Crippen LogP contribution in [0.15, 0.2) is 43.0 Å². The molecule has 2 amide bonds. The van der Waals surface area contributed by atoms with Crippen LogP contribution in [-0.2, 0) is 14.3 Å². The molecule has 5 nitrogen and oxygen atoms in total. The van der Waals surface area contributed by atoms with Gasteiger partial charge in [-0.15, -0.1) is 6.58 Å². The van der Waals surface area contributed by atoms with Crippen LogP contribution in [0.3, 0.4) is 0 Å². The maximum atomic E-state index is 13.1. The molecule has 2 rings (SSSR count). The van der Waals surface area contributed by atoms with E-state index >= 15 is 0 Å². The number of nitrogens with zero attached hydrogens (tertiary/aromatic N) is 1. The number of allylic oxidation sites excluding steroid dienone is 1. The highest BCUT2D eigenvalue weighted by molar-refractivity contribution is 6.06. The summed E-state index contributed by atoms with van der Waals surface area (Å²) in [5.74, 6) is -0.851. The first-order valence-electron chi connectivity index (χ1n) is 8.13. The fourth-order valence-electron chi connectivity index (χ4n) is 3.24. The van der Waals surface area contributed by atoms with Crippen molar-refractivity contribution >= 4 is 17.8 Å². The van der Waals surface area contributed by atoms with Gasteiger partial charge in [-0.3, -0.25) is 19.3 Å². The summed E-state index contributed by atoms with van der Waals surface area (Å²) in [6, 6.07) is 8.78. The molecular formula is C19H23NO4. The van der Waals surface area contributed by atoms with Crippen LogP contribution in [0.4, 0.5) is 0 Å². The molecule has 1 saturated heterocycles. The van der Waals surface area contributed by atoms with Crippen LogP contribution in [-0.4, -0.2) is 36.3 Å². The Balaban J connectivity index is 2.23. The zero-order valence-corrected chi connectivity index (χ0v) is 14.0. The molecule has 0 spiro atoms. The normalized spacial score (nSPS) is 20.5. The molecule has 0 aliphatic carbocycles. The minimum Gasteiger partial charge on any atom is -0.469 e. The topological polar surface area (TPSA) is 63.7 Å². The predicted octanol–water partition coefficient (Wildman–Crippen LogP) is 2.96. The Morgan fingerprint density at radius 3 is 2.67 bits per heavy atom. The average molecular weight is 329 g/mol. The monoisotopic (exact) mass is 329 g/mol. The Hall–Kier alpha value is -2.43. The Kier molecular flexibility index (Phi) is 5.90. The third kappa shape index (κ3) is 3.72. The molecular weight excluding hydrogens is 306 g/mol. The van der Waals surface area contributed by atoms with Crippen molar-refractivity contribution in [2.45, 2.75) is 32.1 Å². The number of likely N-dealkylation sites (tertiary alicyclic amines) is 1. The van der Waals surface area contributed by atoms with Gasteiger partial charge in [0.25, 0.3) is 5.91 Å². The maximum absolute atomic E-state index is 13.1. The molecule has 1 unspecified atom stereocenters. The zero-order chi connectivity index (χ0) is 17.6. The first-order chi connectivity index (χ1) is 11.5. The molecule has 1 aromatic rings. The number of carbonyl (C=O) groups excluding carboxylic acids is 3. The van der Waals surface area contributed by atoms with E-state index in [0.717, 1.165) is 6.42 Å². The molecule has 0 saturated carbocycles. The van der Waals surface area contributed by atoms with E-state index < -0.39 is 5.41 Å². The summed E-state index contributed by atoms with van der Waals surface area (Å²) >= 11 is 0. The van der Waals surface area contributed by atoms with Crippen LogP contribution >= 0.6 is 0 Å². The van der Waals surface area contributed by atoms with Crippen molar-refractivity contribution in [2.75, 3.05) is 13.7 Å². The van der Waals surface area contributed by atoms with Gasteiger partial charge in [-0.05, 0) is 37.8 Å². The van der Waals surface area contributed by atoms with Crippen LogP contribution in [0.2, 0.25) is 0 Å². The number of hydrogen-bond donors (Lipinski definition) is 0. The van der Waals surface area contributed by atoms with Gasteiger partial charge >= 0.3 is 5.97 Å². The first-order valence-corrected chi connectivity index (χ1v) is 8.13. The summed E-state index contributed by atoms with van der Waals surface area (Å²) in [6.45, 7) is 4.14. The second kappa shape index (κ2) is 7.90. The number of hydrogen-bond acceptors (Lipinski definition) is 4. The summed E-state index contributed by atoms with van der Waals surface area (Å²) < 4.78 is 4.69. The lowest BCUT2D eigenvalue weighted by Crippen LogP contribution is -2.51. The highest BCUT2D eigenvalue weighted by Gasteiger charge is 2.45. The number of carbonyl (C=O) groups is 3. The molecule has 1 aliphatic heterocycles. The second-order valence-corrected chi connectivity index (χ2v) is 6.08. The molecule has 1 heterocycles. The Morgan fingerprint density at radius 1 is 1.33 bits per heavy atom. The van der Waals surface area contributed by atoms with Crippen molar-refractivity contribution in [1.82, 2.24) is 4.90 Å². The minimum absolute atomic E-state index is 0.156. The van der Waals surface area contributed by atoms with Crippen molar-refractivity contribution < 1.29 is 19.1 Å². The zero-order valence-electron chi connectivity index (χ0n) is 14.0. The number of piperidine rings is 1. The van der Waals surface area contributed by atoms with Crippen molar-refractivity contribution in [3.8, 4) is 0 Å². The SMILES string of the molecule is C=CCC1(CCC(=O)OC)CCCN(C(=O)c2ccccc2)C1=O. The van der Waals surface area contributed by atoms with E-state index in [4.69, 9.17) is 0 Å². The number of ether oxygens (including phenoxy) is 1. The van der Waals surface area contributed by atoms with Gasteiger partial charge in [0.1, 0.15) is 0 Å². The fraction of sp³-hybridized carbons (Fsp3) is 0.421. The number of methoxy groups -OCH3 is 1. The largest absolute Gasteiger partial charge is 0.469 e. The van der Waals surface area contributed by atoms with Crippen molar-refractivity contribution in [2.24, 2.45) is 5.41 Å². The van der Waals surface area contributed by atoms with Gasteiger partial charge in [-0.1, -0.05) is 24.3 Å². The summed E-state index contributed by atoms with van der Waals surface area (Å²) in [4.78, 5) is 38.6. The lowest BCUT2D eigenvalue weighted by molar-refractivity contribution is -0.146. The van der Waals surface area contributed by atoms with Crippen LogP contribution < -0.4 is 0 Å². The predicted molar refractivity (Wildman–Crippen MR) is 90.2 cm³/mol. The van der Waals surface area contributed by atoms with E-state index in [9.17, 15) is 14.4 Å². The van der Waals surface area contributed by atoms with Crippen LogP contribution in [0.5, 0.6) is 0 Å². The Bertz CT molecular complexity index is 626. The van der Waals surface area contributed by atoms with Crippen molar-refractivity contribution in [1.29, 1.82) is 0 Å². The lowest BCUT2D eigenvalue weighted by Gasteiger charge is -2.40. The molecule has 0 bridgehead atoms. The second-order valence-electron chi connectivity index (χ2n) is 6.08. The van der Waals surface area contributed by atoms with Gasteiger partial charge in [-0.25, -0.2) is 0 Å². The van der Waals surface area contributed by atoms with Crippen molar-refractivity contribution in [3.05, 3.63) is 48.6 Å². The van der Waals surface area contributed by atoms with E-state index in [1.165, 1.54) is 12.0 Å². The van der Waals surface area contributed by atoms with Gasteiger partial charge in [0, 0.05) is 18.5 Å². The molecule has 0 radical (unpaired) electrons. The minimum atomic E-state index is -0.751. The van der Waals surface area contributed by atoms with Crippen molar-refractivity contribution in [3.63, 3.8) is 0 Å². The maximum Gasteiger partial charge on any atom is 0.305 e. The van der Waals surface area contributed by atoms with Gasteiger partial charge in [-0.2, -0.15) is 0 Å².